The second kappa shape index (κ2) is 8.98. The monoisotopic (exact) mass is 429 g/mol. The third kappa shape index (κ3) is 4.81. The van der Waals surface area contributed by atoms with Gasteiger partial charge >= 0.3 is 0 Å². The molecule has 1 heterocycles. The average Bonchev–Trinajstić information content (AvgIpc) is 2.77. The number of amides is 1. The maximum Gasteiger partial charge on any atom is 0.262 e. The van der Waals surface area contributed by atoms with Crippen molar-refractivity contribution in [2.24, 2.45) is 0 Å². The van der Waals surface area contributed by atoms with E-state index in [9.17, 15) is 9.59 Å². The fourth-order valence-electron chi connectivity index (χ4n) is 3.48. The number of benzene rings is 3. The van der Waals surface area contributed by atoms with Gasteiger partial charge in [-0.25, -0.2) is 0 Å². The second-order valence-electron chi connectivity index (χ2n) is 7.57. The van der Waals surface area contributed by atoms with Gasteiger partial charge in [-0.15, -0.1) is 0 Å². The van der Waals surface area contributed by atoms with Gasteiger partial charge in [0.1, 0.15) is 22.8 Å². The molecule has 0 fully saturated rings. The van der Waals surface area contributed by atoms with Gasteiger partial charge in [0, 0.05) is 17.3 Å². The van der Waals surface area contributed by atoms with E-state index in [1.54, 1.807) is 49.6 Å². The summed E-state index contributed by atoms with van der Waals surface area (Å²) in [5.41, 5.74) is 3.83. The first-order valence-electron chi connectivity index (χ1n) is 10.1. The van der Waals surface area contributed by atoms with Gasteiger partial charge in [0.25, 0.3) is 5.91 Å². The minimum atomic E-state index is -0.261. The number of hydrogen-bond donors (Lipinski definition) is 1. The van der Waals surface area contributed by atoms with E-state index in [0.717, 1.165) is 16.7 Å². The highest BCUT2D eigenvalue weighted by molar-refractivity contribution is 5.92. The predicted molar refractivity (Wildman–Crippen MR) is 125 cm³/mol. The molecule has 0 radical (unpaired) electrons. The fraction of sp³-hybridized carbons (Fsp3) is 0.154. The highest BCUT2D eigenvalue weighted by Gasteiger charge is 2.09. The van der Waals surface area contributed by atoms with Crippen molar-refractivity contribution in [2.45, 2.75) is 13.8 Å². The summed E-state index contributed by atoms with van der Waals surface area (Å²) in [6.45, 7) is 3.87. The van der Waals surface area contributed by atoms with Crippen LogP contribution in [0.15, 0.2) is 75.9 Å². The van der Waals surface area contributed by atoms with Crippen LogP contribution in [0, 0.1) is 13.8 Å². The van der Waals surface area contributed by atoms with Crippen LogP contribution in [0.3, 0.4) is 0 Å². The Morgan fingerprint density at radius 1 is 0.906 bits per heavy atom. The lowest BCUT2D eigenvalue weighted by molar-refractivity contribution is -0.118. The fourth-order valence-corrected chi connectivity index (χ4v) is 3.48. The van der Waals surface area contributed by atoms with Gasteiger partial charge < -0.3 is 19.2 Å². The van der Waals surface area contributed by atoms with E-state index < -0.39 is 0 Å². The molecule has 0 aliphatic carbocycles. The quantitative estimate of drug-likeness (QED) is 0.461. The van der Waals surface area contributed by atoms with Gasteiger partial charge in [0.15, 0.2) is 12.0 Å². The molecule has 1 aromatic heterocycles. The standard InChI is InChI=1S/C26H23NO5/c1-16-10-17(2)12-21(11-16)31-15-26(29)27-19-6-4-18(5-7-19)25-14-23(28)22-13-20(30-3)8-9-24(22)32-25/h4-14H,15H2,1-3H3,(H,27,29). The Morgan fingerprint density at radius 3 is 2.31 bits per heavy atom. The number of carbonyl (C=O) groups is 1. The Kier molecular flexibility index (Phi) is 5.94. The molecule has 1 amide bonds. The molecule has 0 saturated carbocycles. The van der Waals surface area contributed by atoms with Crippen molar-refractivity contribution in [1.29, 1.82) is 0 Å². The van der Waals surface area contributed by atoms with E-state index >= 15 is 0 Å². The topological polar surface area (TPSA) is 77.8 Å². The molecule has 0 bridgehead atoms. The zero-order valence-electron chi connectivity index (χ0n) is 18.1. The molecule has 3 aromatic carbocycles. The Morgan fingerprint density at radius 2 is 1.62 bits per heavy atom. The summed E-state index contributed by atoms with van der Waals surface area (Å²) in [5.74, 6) is 1.45. The van der Waals surface area contributed by atoms with E-state index in [1.165, 1.54) is 6.07 Å². The van der Waals surface area contributed by atoms with Crippen molar-refractivity contribution in [3.8, 4) is 22.8 Å². The number of aryl methyl sites for hydroxylation is 2. The van der Waals surface area contributed by atoms with E-state index in [2.05, 4.69) is 5.32 Å². The normalized spacial score (nSPS) is 10.7. The maximum absolute atomic E-state index is 12.5. The highest BCUT2D eigenvalue weighted by Crippen LogP contribution is 2.25. The van der Waals surface area contributed by atoms with Crippen molar-refractivity contribution < 1.29 is 18.7 Å². The molecule has 32 heavy (non-hydrogen) atoms. The number of ether oxygens (including phenoxy) is 2. The van der Waals surface area contributed by atoms with Gasteiger partial charge in [-0.3, -0.25) is 9.59 Å². The Balaban J connectivity index is 1.44. The molecule has 0 aliphatic heterocycles. The molecule has 162 valence electrons. The molecule has 0 aliphatic rings. The molecular formula is C26H23NO5. The van der Waals surface area contributed by atoms with Crippen molar-refractivity contribution in [1.82, 2.24) is 0 Å². The largest absolute Gasteiger partial charge is 0.497 e. The van der Waals surface area contributed by atoms with Crippen LogP contribution in [0.4, 0.5) is 5.69 Å². The molecule has 4 aromatic rings. The third-order valence-electron chi connectivity index (χ3n) is 4.95. The number of methoxy groups -OCH3 is 1. The summed E-state index contributed by atoms with van der Waals surface area (Å²) in [6, 6.07) is 19.5. The van der Waals surface area contributed by atoms with Crippen molar-refractivity contribution >= 4 is 22.6 Å². The first-order valence-corrected chi connectivity index (χ1v) is 10.1. The first kappa shape index (κ1) is 21.2. The van der Waals surface area contributed by atoms with Crippen molar-refractivity contribution in [2.75, 3.05) is 19.0 Å². The summed E-state index contributed by atoms with van der Waals surface area (Å²) >= 11 is 0. The van der Waals surface area contributed by atoms with Gasteiger partial charge in [-0.2, -0.15) is 0 Å². The number of nitrogens with one attached hydrogen (secondary N) is 1. The van der Waals surface area contributed by atoms with Crippen LogP contribution in [0.1, 0.15) is 11.1 Å². The molecule has 6 nitrogen and oxygen atoms in total. The lowest BCUT2D eigenvalue weighted by atomic mass is 10.1. The maximum atomic E-state index is 12.5. The van der Waals surface area contributed by atoms with Gasteiger partial charge in [0.2, 0.25) is 0 Å². The Hall–Kier alpha value is -4.06. The van der Waals surface area contributed by atoms with Crippen LogP contribution in [0.2, 0.25) is 0 Å². The molecular weight excluding hydrogens is 406 g/mol. The number of carbonyl (C=O) groups excluding carboxylic acids is 1. The van der Waals surface area contributed by atoms with E-state index in [1.807, 2.05) is 32.0 Å². The lowest BCUT2D eigenvalue weighted by Crippen LogP contribution is -2.20. The van der Waals surface area contributed by atoms with Crippen molar-refractivity contribution in [3.63, 3.8) is 0 Å². The third-order valence-corrected chi connectivity index (χ3v) is 4.95. The second-order valence-corrected chi connectivity index (χ2v) is 7.57. The number of anilines is 1. The average molecular weight is 429 g/mol. The van der Waals surface area contributed by atoms with Gasteiger partial charge in [0.05, 0.1) is 12.5 Å². The predicted octanol–water partition coefficient (Wildman–Crippen LogP) is 5.10. The summed E-state index contributed by atoms with van der Waals surface area (Å²) in [5, 5.41) is 3.26. The lowest BCUT2D eigenvalue weighted by Gasteiger charge is -2.10. The van der Waals surface area contributed by atoms with Crippen LogP contribution in [-0.4, -0.2) is 19.6 Å². The van der Waals surface area contributed by atoms with Gasteiger partial charge in [-0.1, -0.05) is 6.07 Å². The number of rotatable bonds is 6. The zero-order valence-corrected chi connectivity index (χ0v) is 18.1. The summed E-state index contributed by atoms with van der Waals surface area (Å²) in [7, 11) is 1.55. The highest BCUT2D eigenvalue weighted by atomic mass is 16.5. The van der Waals surface area contributed by atoms with Crippen LogP contribution in [0.25, 0.3) is 22.3 Å². The van der Waals surface area contributed by atoms with Crippen molar-refractivity contribution in [3.05, 3.63) is 88.1 Å². The summed E-state index contributed by atoms with van der Waals surface area (Å²) < 4.78 is 16.7. The number of fused-ring (bicyclic) bond motifs is 1. The molecule has 0 unspecified atom stereocenters. The minimum absolute atomic E-state index is 0.0896. The molecule has 6 heteroatoms. The molecule has 1 N–H and O–H groups in total. The summed E-state index contributed by atoms with van der Waals surface area (Å²) in [4.78, 5) is 24.7. The van der Waals surface area contributed by atoms with Gasteiger partial charge in [-0.05, 0) is 79.6 Å². The van der Waals surface area contributed by atoms with Crippen LogP contribution < -0.4 is 20.2 Å². The van der Waals surface area contributed by atoms with Crippen LogP contribution in [0.5, 0.6) is 11.5 Å². The minimum Gasteiger partial charge on any atom is -0.497 e. The van der Waals surface area contributed by atoms with E-state index in [4.69, 9.17) is 13.9 Å². The number of hydrogen-bond acceptors (Lipinski definition) is 5. The Bertz CT molecular complexity index is 1320. The molecule has 0 saturated heterocycles. The molecule has 4 rings (SSSR count). The zero-order chi connectivity index (χ0) is 22.7. The smallest absolute Gasteiger partial charge is 0.262 e. The summed E-state index contributed by atoms with van der Waals surface area (Å²) in [6.07, 6.45) is 0. The SMILES string of the molecule is COc1ccc2oc(-c3ccc(NC(=O)COc4cc(C)cc(C)c4)cc3)cc(=O)c2c1. The molecule has 0 spiro atoms. The van der Waals surface area contributed by atoms with Crippen LogP contribution >= 0.6 is 0 Å². The van der Waals surface area contributed by atoms with E-state index in [-0.39, 0.29) is 17.9 Å². The van der Waals surface area contributed by atoms with Crippen LogP contribution in [-0.2, 0) is 4.79 Å². The first-order chi connectivity index (χ1) is 15.4. The van der Waals surface area contributed by atoms with E-state index in [0.29, 0.717) is 33.9 Å². The Labute approximate surface area is 185 Å². The molecule has 0 atom stereocenters.